The first-order chi connectivity index (χ1) is 14.5. The lowest BCUT2D eigenvalue weighted by molar-refractivity contribution is -0.131. The fourth-order valence-electron chi connectivity index (χ4n) is 3.85. The quantitative estimate of drug-likeness (QED) is 0.723. The third-order valence-electron chi connectivity index (χ3n) is 5.43. The first-order valence-electron chi connectivity index (χ1n) is 9.96. The molecule has 0 bridgehead atoms. The van der Waals surface area contributed by atoms with Crippen molar-refractivity contribution in [1.82, 2.24) is 14.5 Å². The average Bonchev–Trinajstić information content (AvgIpc) is 2.74. The molecule has 1 amide bonds. The summed E-state index contributed by atoms with van der Waals surface area (Å²) < 4.78 is 14.8. The number of aromatic nitrogens is 2. The van der Waals surface area contributed by atoms with Crippen LogP contribution in [0.25, 0.3) is 17.0 Å². The maximum absolute atomic E-state index is 13.3. The number of aryl methyl sites for hydroxylation is 1. The molecule has 0 unspecified atom stereocenters. The highest BCUT2D eigenvalue weighted by Crippen LogP contribution is 2.20. The molecular formula is C23H22FN3O3. The standard InChI is InChI=1S/C23H22FN3O3/c24-18-5-3-4-17(15-18)14-16-8-11-26(12-9-16)21(28)10-13-27-20-7-2-1-6-19(20)22(29)25-23(27)30/h1-7,14-15H,8-13H2,(H,25,29,30). The van der Waals surface area contributed by atoms with Gasteiger partial charge in [0.2, 0.25) is 5.91 Å². The van der Waals surface area contributed by atoms with E-state index in [1.54, 1.807) is 35.2 Å². The summed E-state index contributed by atoms with van der Waals surface area (Å²) in [7, 11) is 0. The number of hydrogen-bond acceptors (Lipinski definition) is 3. The van der Waals surface area contributed by atoms with Gasteiger partial charge in [-0.15, -0.1) is 0 Å². The Morgan fingerprint density at radius 2 is 1.83 bits per heavy atom. The van der Waals surface area contributed by atoms with Gasteiger partial charge in [-0.1, -0.05) is 35.9 Å². The van der Waals surface area contributed by atoms with Crippen LogP contribution in [0.3, 0.4) is 0 Å². The molecule has 2 heterocycles. The van der Waals surface area contributed by atoms with Gasteiger partial charge in [-0.05, 0) is 42.7 Å². The molecule has 0 saturated carbocycles. The highest BCUT2D eigenvalue weighted by molar-refractivity contribution is 5.79. The molecule has 1 saturated heterocycles. The number of piperidine rings is 1. The Labute approximate surface area is 172 Å². The Bertz CT molecular complexity index is 1230. The molecule has 0 radical (unpaired) electrons. The normalized spacial score (nSPS) is 14.2. The molecule has 154 valence electrons. The summed E-state index contributed by atoms with van der Waals surface area (Å²) in [5.41, 5.74) is 1.61. The van der Waals surface area contributed by atoms with Crippen LogP contribution in [0.4, 0.5) is 4.39 Å². The molecule has 0 aliphatic carbocycles. The van der Waals surface area contributed by atoms with E-state index in [1.807, 2.05) is 12.1 Å². The van der Waals surface area contributed by atoms with Crippen molar-refractivity contribution < 1.29 is 9.18 Å². The first kappa shape index (κ1) is 19.8. The molecule has 1 N–H and O–H groups in total. The number of aromatic amines is 1. The third-order valence-corrected chi connectivity index (χ3v) is 5.43. The summed E-state index contributed by atoms with van der Waals surface area (Å²) in [6.45, 7) is 1.40. The Balaban J connectivity index is 1.40. The topological polar surface area (TPSA) is 75.2 Å². The molecule has 2 aromatic carbocycles. The van der Waals surface area contributed by atoms with Crippen LogP contribution in [0, 0.1) is 5.82 Å². The molecule has 0 atom stereocenters. The van der Waals surface area contributed by atoms with Crippen molar-refractivity contribution >= 4 is 22.9 Å². The van der Waals surface area contributed by atoms with Crippen molar-refractivity contribution in [2.45, 2.75) is 25.8 Å². The van der Waals surface area contributed by atoms with Crippen molar-refractivity contribution in [2.24, 2.45) is 0 Å². The van der Waals surface area contributed by atoms with Crippen molar-refractivity contribution in [3.05, 3.63) is 86.3 Å². The Hall–Kier alpha value is -3.48. The minimum atomic E-state index is -0.509. The molecular weight excluding hydrogens is 385 g/mol. The van der Waals surface area contributed by atoms with Crippen LogP contribution in [0.2, 0.25) is 0 Å². The van der Waals surface area contributed by atoms with E-state index in [0.717, 1.165) is 18.4 Å². The van der Waals surface area contributed by atoms with Gasteiger partial charge < -0.3 is 4.90 Å². The minimum absolute atomic E-state index is 0.0259. The molecule has 6 nitrogen and oxygen atoms in total. The molecule has 4 rings (SSSR count). The van der Waals surface area contributed by atoms with Crippen LogP contribution in [0.5, 0.6) is 0 Å². The lowest BCUT2D eigenvalue weighted by atomic mass is 10.0. The number of amides is 1. The second kappa shape index (κ2) is 8.49. The van der Waals surface area contributed by atoms with Crippen LogP contribution in [-0.2, 0) is 11.3 Å². The Morgan fingerprint density at radius 3 is 2.60 bits per heavy atom. The van der Waals surface area contributed by atoms with Crippen molar-refractivity contribution in [1.29, 1.82) is 0 Å². The number of nitrogens with zero attached hydrogens (tertiary/aromatic N) is 2. The fourth-order valence-corrected chi connectivity index (χ4v) is 3.85. The molecule has 30 heavy (non-hydrogen) atoms. The van der Waals surface area contributed by atoms with E-state index >= 15 is 0 Å². The van der Waals surface area contributed by atoms with Crippen LogP contribution < -0.4 is 11.2 Å². The maximum Gasteiger partial charge on any atom is 0.328 e. The van der Waals surface area contributed by atoms with E-state index in [1.165, 1.54) is 22.3 Å². The Morgan fingerprint density at radius 1 is 1.07 bits per heavy atom. The molecule has 1 fully saturated rings. The van der Waals surface area contributed by atoms with Crippen molar-refractivity contribution in [3.8, 4) is 0 Å². The second-order valence-corrected chi connectivity index (χ2v) is 7.42. The third kappa shape index (κ3) is 4.25. The molecule has 0 spiro atoms. The van der Waals surface area contributed by atoms with Crippen molar-refractivity contribution in [2.75, 3.05) is 13.1 Å². The van der Waals surface area contributed by atoms with Gasteiger partial charge in [-0.25, -0.2) is 9.18 Å². The number of hydrogen-bond donors (Lipinski definition) is 1. The summed E-state index contributed by atoms with van der Waals surface area (Å²) in [4.78, 5) is 40.9. The lowest BCUT2D eigenvalue weighted by Crippen LogP contribution is -2.38. The lowest BCUT2D eigenvalue weighted by Gasteiger charge is -2.28. The number of fused-ring (bicyclic) bond motifs is 1. The number of nitrogens with one attached hydrogen (secondary N) is 1. The number of H-pyrrole nitrogens is 1. The molecule has 1 aromatic heterocycles. The SMILES string of the molecule is O=C(CCn1c(=O)[nH]c(=O)c2ccccc21)N1CCC(=Cc2cccc(F)c2)CC1. The van der Waals surface area contributed by atoms with Gasteiger partial charge in [0, 0.05) is 26.1 Å². The summed E-state index contributed by atoms with van der Waals surface area (Å²) in [6.07, 6.45) is 3.64. The van der Waals surface area contributed by atoms with Gasteiger partial charge >= 0.3 is 5.69 Å². The van der Waals surface area contributed by atoms with Gasteiger partial charge in [-0.3, -0.25) is 19.1 Å². The number of carbonyl (C=O) groups excluding carboxylic acids is 1. The summed E-state index contributed by atoms with van der Waals surface area (Å²) in [5.74, 6) is -0.288. The van der Waals surface area contributed by atoms with E-state index in [0.29, 0.717) is 24.0 Å². The van der Waals surface area contributed by atoms with E-state index < -0.39 is 11.2 Å². The van der Waals surface area contributed by atoms with E-state index in [9.17, 15) is 18.8 Å². The highest BCUT2D eigenvalue weighted by atomic mass is 19.1. The molecule has 7 heteroatoms. The number of para-hydroxylation sites is 1. The van der Waals surface area contributed by atoms with Gasteiger partial charge in [0.1, 0.15) is 5.82 Å². The zero-order chi connectivity index (χ0) is 21.1. The fraction of sp³-hybridized carbons (Fsp3) is 0.261. The predicted octanol–water partition coefficient (Wildman–Crippen LogP) is 2.93. The van der Waals surface area contributed by atoms with Gasteiger partial charge in [0.25, 0.3) is 5.56 Å². The smallest absolute Gasteiger partial charge is 0.328 e. The highest BCUT2D eigenvalue weighted by Gasteiger charge is 2.19. The second-order valence-electron chi connectivity index (χ2n) is 7.42. The largest absolute Gasteiger partial charge is 0.342 e. The molecule has 3 aromatic rings. The molecule has 1 aliphatic rings. The monoisotopic (exact) mass is 407 g/mol. The average molecular weight is 407 g/mol. The van der Waals surface area contributed by atoms with E-state index in [4.69, 9.17) is 0 Å². The number of benzene rings is 2. The van der Waals surface area contributed by atoms with Gasteiger partial charge in [0.15, 0.2) is 0 Å². The number of likely N-dealkylation sites (tertiary alicyclic amines) is 1. The summed E-state index contributed by atoms with van der Waals surface area (Å²) >= 11 is 0. The summed E-state index contributed by atoms with van der Waals surface area (Å²) in [6, 6.07) is 13.3. The zero-order valence-corrected chi connectivity index (χ0v) is 16.4. The van der Waals surface area contributed by atoms with E-state index in [-0.39, 0.29) is 24.7 Å². The van der Waals surface area contributed by atoms with Crippen LogP contribution in [0.15, 0.2) is 63.7 Å². The van der Waals surface area contributed by atoms with Crippen molar-refractivity contribution in [3.63, 3.8) is 0 Å². The zero-order valence-electron chi connectivity index (χ0n) is 16.4. The van der Waals surface area contributed by atoms with Gasteiger partial charge in [-0.2, -0.15) is 0 Å². The van der Waals surface area contributed by atoms with Gasteiger partial charge in [0.05, 0.1) is 10.9 Å². The number of carbonyl (C=O) groups is 1. The van der Waals surface area contributed by atoms with E-state index in [2.05, 4.69) is 4.98 Å². The predicted molar refractivity (Wildman–Crippen MR) is 114 cm³/mol. The number of halogens is 1. The van der Waals surface area contributed by atoms with Crippen LogP contribution in [0.1, 0.15) is 24.8 Å². The minimum Gasteiger partial charge on any atom is -0.342 e. The van der Waals surface area contributed by atoms with Crippen LogP contribution >= 0.6 is 0 Å². The summed E-state index contributed by atoms with van der Waals surface area (Å²) in [5, 5.41) is 0.426. The first-order valence-corrected chi connectivity index (χ1v) is 9.96. The van der Waals surface area contributed by atoms with Crippen LogP contribution in [-0.4, -0.2) is 33.4 Å². The molecule has 1 aliphatic heterocycles. The number of rotatable bonds is 4. The Kier molecular flexibility index (Phi) is 5.61. The maximum atomic E-state index is 13.3.